The first-order valence-corrected chi connectivity index (χ1v) is 8.30. The van der Waals surface area contributed by atoms with E-state index in [4.69, 9.17) is 16.3 Å². The monoisotopic (exact) mass is 303 g/mol. The fourth-order valence-corrected chi connectivity index (χ4v) is 3.65. The summed E-state index contributed by atoms with van der Waals surface area (Å²) in [5.41, 5.74) is 1.84. The van der Waals surface area contributed by atoms with Crippen LogP contribution in [0.3, 0.4) is 0 Å². The second kappa shape index (κ2) is 6.23. The molecule has 1 aliphatic rings. The lowest BCUT2D eigenvalue weighted by Gasteiger charge is -2.32. The van der Waals surface area contributed by atoms with Crippen LogP contribution in [0.2, 0.25) is 0 Å². The number of para-hydroxylation sites is 1. The minimum atomic E-state index is 0.303. The number of benzene rings is 1. The van der Waals surface area contributed by atoms with Gasteiger partial charge in [-0.1, -0.05) is 26.0 Å². The Kier molecular flexibility index (Phi) is 4.34. The zero-order valence-electron chi connectivity index (χ0n) is 12.7. The van der Waals surface area contributed by atoms with Gasteiger partial charge in [-0.15, -0.1) is 11.6 Å². The summed E-state index contributed by atoms with van der Waals surface area (Å²) in [5, 5.41) is 1.08. The van der Waals surface area contributed by atoms with E-state index < -0.39 is 0 Å². The molecule has 2 aromatic rings. The molecule has 1 heterocycles. The smallest absolute Gasteiger partial charge is 0.130 e. The Labute approximate surface area is 131 Å². The molecule has 0 radical (unpaired) electrons. The SMILES string of the molecule is CC1CC(C)CC(Oc2cc(CCl)nc3ccccc23)C1. The first-order valence-electron chi connectivity index (χ1n) is 7.77. The molecular formula is C18H22ClNO. The number of rotatable bonds is 3. The van der Waals surface area contributed by atoms with Gasteiger partial charge in [0.1, 0.15) is 5.75 Å². The second-order valence-corrected chi connectivity index (χ2v) is 6.69. The Bertz CT molecular complexity index is 618. The maximum atomic E-state index is 6.35. The zero-order valence-corrected chi connectivity index (χ0v) is 13.4. The third-order valence-electron chi connectivity index (χ3n) is 4.30. The maximum absolute atomic E-state index is 6.35. The number of nitrogens with zero attached hydrogens (tertiary/aromatic N) is 1. The number of fused-ring (bicyclic) bond motifs is 1. The minimum Gasteiger partial charge on any atom is -0.490 e. The van der Waals surface area contributed by atoms with Crippen molar-refractivity contribution in [2.75, 3.05) is 0 Å². The lowest BCUT2D eigenvalue weighted by atomic mass is 9.82. The minimum absolute atomic E-state index is 0.303. The number of alkyl halides is 1. The Morgan fingerprint density at radius 3 is 2.57 bits per heavy atom. The van der Waals surface area contributed by atoms with E-state index in [1.165, 1.54) is 6.42 Å². The van der Waals surface area contributed by atoms with Crippen molar-refractivity contribution in [3.8, 4) is 5.75 Å². The van der Waals surface area contributed by atoms with Gasteiger partial charge >= 0.3 is 0 Å². The standard InChI is InChI=1S/C18H22ClNO/c1-12-7-13(2)9-15(8-12)21-18-10-14(11-19)20-17-6-4-3-5-16(17)18/h3-6,10,12-13,15H,7-9,11H2,1-2H3. The Morgan fingerprint density at radius 2 is 1.86 bits per heavy atom. The lowest BCUT2D eigenvalue weighted by Crippen LogP contribution is -2.28. The molecule has 0 amide bonds. The molecular weight excluding hydrogens is 282 g/mol. The largest absolute Gasteiger partial charge is 0.490 e. The topological polar surface area (TPSA) is 22.1 Å². The average Bonchev–Trinajstić information content (AvgIpc) is 2.46. The van der Waals surface area contributed by atoms with Crippen LogP contribution >= 0.6 is 11.6 Å². The summed E-state index contributed by atoms with van der Waals surface area (Å²) in [7, 11) is 0. The van der Waals surface area contributed by atoms with Crippen molar-refractivity contribution < 1.29 is 4.74 Å². The summed E-state index contributed by atoms with van der Waals surface area (Å²) in [6.45, 7) is 4.64. The molecule has 0 aliphatic heterocycles. The lowest BCUT2D eigenvalue weighted by molar-refractivity contribution is 0.102. The highest BCUT2D eigenvalue weighted by atomic mass is 35.5. The molecule has 2 unspecified atom stereocenters. The molecule has 2 nitrogen and oxygen atoms in total. The van der Waals surface area contributed by atoms with Crippen molar-refractivity contribution in [3.63, 3.8) is 0 Å². The van der Waals surface area contributed by atoms with Crippen LogP contribution in [0.4, 0.5) is 0 Å². The number of ether oxygens (including phenoxy) is 1. The molecule has 0 bridgehead atoms. The van der Waals surface area contributed by atoms with Crippen molar-refractivity contribution in [3.05, 3.63) is 36.0 Å². The molecule has 1 saturated carbocycles. The van der Waals surface area contributed by atoms with Crippen LogP contribution < -0.4 is 4.74 Å². The summed E-state index contributed by atoms with van der Waals surface area (Å²) in [6, 6.07) is 10.1. The molecule has 1 fully saturated rings. The van der Waals surface area contributed by atoms with Gasteiger partial charge in [-0.2, -0.15) is 0 Å². The van der Waals surface area contributed by atoms with Crippen LogP contribution in [0.1, 0.15) is 38.8 Å². The number of pyridine rings is 1. The van der Waals surface area contributed by atoms with Gasteiger partial charge in [0.15, 0.2) is 0 Å². The van der Waals surface area contributed by atoms with E-state index in [0.29, 0.717) is 12.0 Å². The zero-order chi connectivity index (χ0) is 14.8. The van der Waals surface area contributed by atoms with Gasteiger partial charge in [-0.05, 0) is 43.2 Å². The first-order chi connectivity index (χ1) is 10.2. The summed E-state index contributed by atoms with van der Waals surface area (Å²) >= 11 is 5.97. The Morgan fingerprint density at radius 1 is 1.14 bits per heavy atom. The third-order valence-corrected chi connectivity index (χ3v) is 4.57. The quantitative estimate of drug-likeness (QED) is 0.729. The van der Waals surface area contributed by atoms with Crippen molar-refractivity contribution >= 4 is 22.5 Å². The summed E-state index contributed by atoms with van der Waals surface area (Å²) in [6.07, 6.45) is 3.89. The van der Waals surface area contributed by atoms with Crippen LogP contribution in [0.25, 0.3) is 10.9 Å². The predicted molar refractivity (Wildman–Crippen MR) is 87.9 cm³/mol. The molecule has 1 aromatic carbocycles. The molecule has 1 aliphatic carbocycles. The molecule has 112 valence electrons. The van der Waals surface area contributed by atoms with Crippen molar-refractivity contribution in [2.24, 2.45) is 11.8 Å². The van der Waals surface area contributed by atoms with E-state index in [9.17, 15) is 0 Å². The Balaban J connectivity index is 1.92. The van der Waals surface area contributed by atoms with E-state index in [-0.39, 0.29) is 0 Å². The normalized spacial score (nSPS) is 26.0. The average molecular weight is 304 g/mol. The Hall–Kier alpha value is -1.28. The molecule has 0 saturated heterocycles. The summed E-state index contributed by atoms with van der Waals surface area (Å²) < 4.78 is 6.35. The van der Waals surface area contributed by atoms with Gasteiger partial charge < -0.3 is 4.74 Å². The van der Waals surface area contributed by atoms with Crippen molar-refractivity contribution in [1.29, 1.82) is 0 Å². The number of halogens is 1. The van der Waals surface area contributed by atoms with Gasteiger partial charge in [-0.25, -0.2) is 0 Å². The fraction of sp³-hybridized carbons (Fsp3) is 0.500. The molecule has 3 heteroatoms. The van der Waals surface area contributed by atoms with E-state index in [1.54, 1.807) is 0 Å². The van der Waals surface area contributed by atoms with Gasteiger partial charge in [0.25, 0.3) is 0 Å². The first kappa shape index (κ1) is 14.6. The van der Waals surface area contributed by atoms with E-state index in [1.807, 2.05) is 24.3 Å². The highest BCUT2D eigenvalue weighted by Gasteiger charge is 2.25. The number of aromatic nitrogens is 1. The molecule has 0 spiro atoms. The van der Waals surface area contributed by atoms with Gasteiger partial charge in [-0.3, -0.25) is 4.98 Å². The molecule has 2 atom stereocenters. The van der Waals surface area contributed by atoms with E-state index in [2.05, 4.69) is 24.9 Å². The molecule has 3 rings (SSSR count). The molecule has 0 N–H and O–H groups in total. The predicted octanol–water partition coefficient (Wildman–Crippen LogP) is 5.18. The highest BCUT2D eigenvalue weighted by molar-refractivity contribution is 6.17. The second-order valence-electron chi connectivity index (χ2n) is 6.42. The van der Waals surface area contributed by atoms with Crippen LogP contribution in [-0.2, 0) is 5.88 Å². The summed E-state index contributed by atoms with van der Waals surface area (Å²) in [4.78, 5) is 4.57. The van der Waals surface area contributed by atoms with Gasteiger partial charge in [0.05, 0.1) is 23.2 Å². The van der Waals surface area contributed by atoms with E-state index in [0.717, 1.165) is 47.0 Å². The highest BCUT2D eigenvalue weighted by Crippen LogP contribution is 2.34. The molecule has 1 aromatic heterocycles. The van der Waals surface area contributed by atoms with Crippen LogP contribution in [0.15, 0.2) is 30.3 Å². The summed E-state index contributed by atoms with van der Waals surface area (Å²) in [5.74, 6) is 2.82. The maximum Gasteiger partial charge on any atom is 0.130 e. The van der Waals surface area contributed by atoms with Crippen molar-refractivity contribution in [1.82, 2.24) is 4.98 Å². The van der Waals surface area contributed by atoms with Crippen LogP contribution in [0.5, 0.6) is 5.75 Å². The fourth-order valence-electron chi connectivity index (χ4n) is 3.51. The number of hydrogen-bond donors (Lipinski definition) is 0. The van der Waals surface area contributed by atoms with E-state index >= 15 is 0 Å². The number of hydrogen-bond acceptors (Lipinski definition) is 2. The van der Waals surface area contributed by atoms with Crippen molar-refractivity contribution in [2.45, 2.75) is 45.1 Å². The van der Waals surface area contributed by atoms with Crippen LogP contribution in [0, 0.1) is 11.8 Å². The third kappa shape index (κ3) is 3.32. The molecule has 21 heavy (non-hydrogen) atoms. The van der Waals surface area contributed by atoms with Crippen LogP contribution in [-0.4, -0.2) is 11.1 Å². The van der Waals surface area contributed by atoms with Gasteiger partial charge in [0, 0.05) is 11.5 Å². The van der Waals surface area contributed by atoms with Gasteiger partial charge in [0.2, 0.25) is 0 Å².